The summed E-state index contributed by atoms with van der Waals surface area (Å²) >= 11 is 0. The van der Waals surface area contributed by atoms with Gasteiger partial charge in [-0.05, 0) is 5.92 Å². The summed E-state index contributed by atoms with van der Waals surface area (Å²) in [5, 5.41) is 20.1. The maximum absolute atomic E-state index is 10.2. The van der Waals surface area contributed by atoms with Gasteiger partial charge in [-0.3, -0.25) is 0 Å². The van der Waals surface area contributed by atoms with Crippen LogP contribution in [-0.2, 0) is 0 Å². The molecule has 0 spiro atoms. The molecule has 0 aliphatic rings. The number of rotatable bonds is 3. The van der Waals surface area contributed by atoms with E-state index in [4.69, 9.17) is 15.9 Å². The van der Waals surface area contributed by atoms with Crippen molar-refractivity contribution < 1.29 is 15.0 Å². The standard InChI is InChI=1S/C6H14N2O3/c1-3(2)4(9)5(10)8-6(7)11/h3-5,9-10H,1-2H3,(H3,7,8,11). The fourth-order valence-corrected chi connectivity index (χ4v) is 0.596. The largest absolute Gasteiger partial charge is 0.388 e. The predicted molar refractivity (Wildman–Crippen MR) is 39.6 cm³/mol. The fraction of sp³-hybridized carbons (Fsp3) is 0.833. The summed E-state index contributed by atoms with van der Waals surface area (Å²) in [6, 6.07) is -0.850. The van der Waals surface area contributed by atoms with E-state index in [2.05, 4.69) is 0 Å². The number of nitrogens with one attached hydrogen (secondary N) is 1. The maximum Gasteiger partial charge on any atom is 0.314 e. The number of hydrogen-bond donors (Lipinski definition) is 4. The Morgan fingerprint density at radius 2 is 1.91 bits per heavy atom. The quantitative estimate of drug-likeness (QED) is 0.400. The molecule has 0 aromatic rings. The molecule has 0 fully saturated rings. The normalized spacial score (nSPS) is 16.1. The lowest BCUT2D eigenvalue weighted by atomic mass is 10.1. The molecule has 2 amide bonds. The van der Waals surface area contributed by atoms with Crippen LogP contribution in [0.2, 0.25) is 0 Å². The van der Waals surface area contributed by atoms with Crippen molar-refractivity contribution in [2.45, 2.75) is 26.2 Å². The minimum absolute atomic E-state index is 0.128. The molecule has 0 saturated carbocycles. The van der Waals surface area contributed by atoms with Gasteiger partial charge in [-0.25, -0.2) is 4.79 Å². The number of hydrogen-bond acceptors (Lipinski definition) is 3. The third kappa shape index (κ3) is 3.79. The Morgan fingerprint density at radius 1 is 1.45 bits per heavy atom. The first-order valence-electron chi connectivity index (χ1n) is 3.37. The van der Waals surface area contributed by atoms with Crippen molar-refractivity contribution in [2.24, 2.45) is 11.7 Å². The van der Waals surface area contributed by atoms with E-state index < -0.39 is 18.4 Å². The van der Waals surface area contributed by atoms with Gasteiger partial charge < -0.3 is 21.3 Å². The molecule has 0 heterocycles. The second-order valence-electron chi connectivity index (χ2n) is 2.69. The van der Waals surface area contributed by atoms with Gasteiger partial charge >= 0.3 is 6.03 Å². The SMILES string of the molecule is CC(C)C(O)C(O)NC(N)=O. The highest BCUT2D eigenvalue weighted by atomic mass is 16.3. The molecule has 0 bridgehead atoms. The molecule has 0 radical (unpaired) electrons. The Labute approximate surface area is 65.2 Å². The topological polar surface area (TPSA) is 95.6 Å². The van der Waals surface area contributed by atoms with Crippen LogP contribution in [0.5, 0.6) is 0 Å². The third-order valence-electron chi connectivity index (χ3n) is 1.30. The summed E-state index contributed by atoms with van der Waals surface area (Å²) in [7, 11) is 0. The van der Waals surface area contributed by atoms with Crippen molar-refractivity contribution >= 4 is 6.03 Å². The molecule has 0 aromatic heterocycles. The second kappa shape index (κ2) is 4.15. The van der Waals surface area contributed by atoms with Crippen LogP contribution >= 0.6 is 0 Å². The van der Waals surface area contributed by atoms with Crippen LogP contribution in [0, 0.1) is 5.92 Å². The Hall–Kier alpha value is -0.810. The molecule has 11 heavy (non-hydrogen) atoms. The van der Waals surface area contributed by atoms with E-state index in [0.717, 1.165) is 0 Å². The molecular weight excluding hydrogens is 148 g/mol. The van der Waals surface area contributed by atoms with Crippen LogP contribution in [0.15, 0.2) is 0 Å². The maximum atomic E-state index is 10.2. The van der Waals surface area contributed by atoms with Crippen LogP contribution in [-0.4, -0.2) is 28.6 Å². The van der Waals surface area contributed by atoms with Gasteiger partial charge in [0.1, 0.15) is 6.10 Å². The van der Waals surface area contributed by atoms with Crippen molar-refractivity contribution in [3.63, 3.8) is 0 Å². The number of nitrogens with two attached hydrogens (primary N) is 1. The van der Waals surface area contributed by atoms with Crippen LogP contribution in [0.3, 0.4) is 0 Å². The summed E-state index contributed by atoms with van der Waals surface area (Å²) in [6.07, 6.45) is -2.27. The van der Waals surface area contributed by atoms with Crippen LogP contribution in [0.4, 0.5) is 4.79 Å². The number of amides is 2. The number of primary amides is 1. The minimum Gasteiger partial charge on any atom is -0.388 e. The molecule has 5 N–H and O–H groups in total. The van der Waals surface area contributed by atoms with Gasteiger partial charge in [0.25, 0.3) is 0 Å². The monoisotopic (exact) mass is 162 g/mol. The van der Waals surface area contributed by atoms with Crippen molar-refractivity contribution in [3.8, 4) is 0 Å². The summed E-state index contributed by atoms with van der Waals surface area (Å²) in [5.41, 5.74) is 4.71. The Bertz CT molecular complexity index is 138. The lowest BCUT2D eigenvalue weighted by Crippen LogP contribution is -2.47. The zero-order valence-electron chi connectivity index (χ0n) is 6.61. The van der Waals surface area contributed by atoms with Crippen molar-refractivity contribution in [2.75, 3.05) is 0 Å². The van der Waals surface area contributed by atoms with E-state index >= 15 is 0 Å². The lowest BCUT2D eigenvalue weighted by molar-refractivity contribution is -0.0191. The van der Waals surface area contributed by atoms with Gasteiger partial charge in [-0.1, -0.05) is 13.8 Å². The second-order valence-corrected chi connectivity index (χ2v) is 2.69. The molecule has 0 aliphatic heterocycles. The van der Waals surface area contributed by atoms with Crippen LogP contribution < -0.4 is 11.1 Å². The Morgan fingerprint density at radius 3 is 2.18 bits per heavy atom. The molecule has 5 nitrogen and oxygen atoms in total. The van der Waals surface area contributed by atoms with E-state index in [0.29, 0.717) is 0 Å². The number of urea groups is 1. The van der Waals surface area contributed by atoms with Crippen molar-refractivity contribution in [3.05, 3.63) is 0 Å². The smallest absolute Gasteiger partial charge is 0.314 e. The van der Waals surface area contributed by atoms with Crippen LogP contribution in [0.25, 0.3) is 0 Å². The van der Waals surface area contributed by atoms with E-state index in [-0.39, 0.29) is 5.92 Å². The number of aliphatic hydroxyl groups is 2. The van der Waals surface area contributed by atoms with Crippen molar-refractivity contribution in [1.82, 2.24) is 5.32 Å². The average molecular weight is 162 g/mol. The molecule has 0 saturated heterocycles. The molecule has 2 atom stereocenters. The van der Waals surface area contributed by atoms with Gasteiger partial charge in [0.15, 0.2) is 6.23 Å². The minimum atomic E-state index is -1.28. The first kappa shape index (κ1) is 10.2. The Kier molecular flexibility index (Phi) is 3.84. The number of carbonyl (C=O) groups is 1. The van der Waals surface area contributed by atoms with E-state index in [9.17, 15) is 4.79 Å². The number of carbonyl (C=O) groups excluding carboxylic acids is 1. The first-order chi connectivity index (χ1) is 4.95. The molecular formula is C6H14N2O3. The molecule has 5 heteroatoms. The summed E-state index contributed by atoms with van der Waals surface area (Å²) < 4.78 is 0. The molecule has 66 valence electrons. The highest BCUT2D eigenvalue weighted by molar-refractivity contribution is 5.71. The molecule has 0 aliphatic carbocycles. The van der Waals surface area contributed by atoms with E-state index in [1.165, 1.54) is 0 Å². The number of aliphatic hydroxyl groups excluding tert-OH is 2. The van der Waals surface area contributed by atoms with Gasteiger partial charge in [0.05, 0.1) is 0 Å². The average Bonchev–Trinajstić information content (AvgIpc) is 1.84. The zero-order valence-corrected chi connectivity index (χ0v) is 6.61. The molecule has 0 rings (SSSR count). The lowest BCUT2D eigenvalue weighted by Gasteiger charge is -2.20. The van der Waals surface area contributed by atoms with Gasteiger partial charge in [-0.15, -0.1) is 0 Å². The summed E-state index contributed by atoms with van der Waals surface area (Å²) in [5.74, 6) is -0.128. The molecule has 0 aromatic carbocycles. The first-order valence-corrected chi connectivity index (χ1v) is 3.37. The summed E-state index contributed by atoms with van der Waals surface area (Å²) in [4.78, 5) is 10.2. The van der Waals surface area contributed by atoms with Gasteiger partial charge in [0, 0.05) is 0 Å². The Balaban J connectivity index is 3.82. The zero-order chi connectivity index (χ0) is 9.02. The molecule has 2 unspecified atom stereocenters. The van der Waals surface area contributed by atoms with Gasteiger partial charge in [0.2, 0.25) is 0 Å². The summed E-state index contributed by atoms with van der Waals surface area (Å²) in [6.45, 7) is 3.44. The fourth-order valence-electron chi connectivity index (χ4n) is 0.596. The highest BCUT2D eigenvalue weighted by Gasteiger charge is 2.19. The van der Waals surface area contributed by atoms with E-state index in [1.807, 2.05) is 5.32 Å². The van der Waals surface area contributed by atoms with E-state index in [1.54, 1.807) is 13.8 Å². The highest BCUT2D eigenvalue weighted by Crippen LogP contribution is 2.03. The predicted octanol–water partition coefficient (Wildman–Crippen LogP) is -1.01. The van der Waals surface area contributed by atoms with Gasteiger partial charge in [-0.2, -0.15) is 0 Å². The third-order valence-corrected chi connectivity index (χ3v) is 1.30. The van der Waals surface area contributed by atoms with Crippen LogP contribution in [0.1, 0.15) is 13.8 Å². The van der Waals surface area contributed by atoms with Crippen molar-refractivity contribution in [1.29, 1.82) is 0 Å².